The van der Waals surface area contributed by atoms with Crippen LogP contribution in [0.25, 0.3) is 0 Å². The third-order valence-corrected chi connectivity index (χ3v) is 5.17. The van der Waals surface area contributed by atoms with Gasteiger partial charge in [0.1, 0.15) is 0 Å². The Balaban J connectivity index is 3.89. The van der Waals surface area contributed by atoms with Crippen LogP contribution in [-0.2, 0) is 4.43 Å². The van der Waals surface area contributed by atoms with E-state index < -0.39 is 8.32 Å². The van der Waals surface area contributed by atoms with Crippen molar-refractivity contribution in [2.24, 2.45) is 0 Å². The van der Waals surface area contributed by atoms with Crippen molar-refractivity contribution in [3.63, 3.8) is 0 Å². The summed E-state index contributed by atoms with van der Waals surface area (Å²) in [6.45, 7) is 10.3. The number of rotatable bonds is 5. The van der Waals surface area contributed by atoms with Gasteiger partial charge in [-0.1, -0.05) is 17.3 Å². The average molecular weight is 184 g/mol. The van der Waals surface area contributed by atoms with E-state index in [9.17, 15) is 0 Å². The third-order valence-electron chi connectivity index (χ3n) is 2.09. The first kappa shape index (κ1) is 11.7. The molecule has 0 aromatic carbocycles. The van der Waals surface area contributed by atoms with Gasteiger partial charge in [0, 0.05) is 7.11 Å². The molecule has 70 valence electrons. The van der Waals surface area contributed by atoms with E-state index in [4.69, 9.17) is 4.43 Å². The van der Waals surface area contributed by atoms with Gasteiger partial charge in [-0.3, -0.25) is 0 Å². The van der Waals surface area contributed by atoms with Crippen LogP contribution in [0.3, 0.4) is 0 Å². The normalized spacial score (nSPS) is 15.0. The first-order chi connectivity index (χ1) is 5.54. The lowest BCUT2D eigenvalue weighted by atomic mass is 10.3. The van der Waals surface area contributed by atoms with Gasteiger partial charge < -0.3 is 4.43 Å². The zero-order valence-electron chi connectivity index (χ0n) is 8.68. The van der Waals surface area contributed by atoms with Crippen LogP contribution in [0.15, 0.2) is 23.9 Å². The summed E-state index contributed by atoms with van der Waals surface area (Å²) >= 11 is 0. The fourth-order valence-electron chi connectivity index (χ4n) is 0.935. The second-order valence-corrected chi connectivity index (χ2v) is 7.48. The van der Waals surface area contributed by atoms with E-state index in [1.54, 1.807) is 7.11 Å². The quantitative estimate of drug-likeness (QED) is 0.470. The molecule has 0 N–H and O–H groups in total. The molecule has 0 unspecified atom stereocenters. The Morgan fingerprint density at radius 2 is 2.08 bits per heavy atom. The summed E-state index contributed by atoms with van der Waals surface area (Å²) in [4.78, 5) is 0. The Kier molecular flexibility index (Phi) is 5.18. The van der Waals surface area contributed by atoms with Crippen LogP contribution in [0.4, 0.5) is 0 Å². The highest BCUT2D eigenvalue weighted by Crippen LogP contribution is 2.14. The molecule has 0 heterocycles. The summed E-state index contributed by atoms with van der Waals surface area (Å²) in [6, 6.07) is 1.14. The van der Waals surface area contributed by atoms with E-state index in [1.165, 1.54) is 5.57 Å². The topological polar surface area (TPSA) is 9.23 Å². The van der Waals surface area contributed by atoms with Gasteiger partial charge in [0.25, 0.3) is 0 Å². The van der Waals surface area contributed by atoms with Crippen LogP contribution in [0.1, 0.15) is 20.3 Å². The fraction of sp³-hybridized carbons (Fsp3) is 0.600. The second-order valence-electron chi connectivity index (χ2n) is 3.54. The first-order valence-corrected chi connectivity index (χ1v) is 7.05. The van der Waals surface area contributed by atoms with E-state index in [0.717, 1.165) is 12.5 Å². The Hall–Kier alpha value is -0.343. The lowest BCUT2D eigenvalue weighted by Gasteiger charge is -2.19. The molecule has 0 aliphatic carbocycles. The molecule has 0 fully saturated rings. The van der Waals surface area contributed by atoms with Gasteiger partial charge in [0.15, 0.2) is 0 Å². The van der Waals surface area contributed by atoms with Gasteiger partial charge in [-0.15, -0.1) is 6.58 Å². The Morgan fingerprint density at radius 3 is 2.42 bits per heavy atom. The van der Waals surface area contributed by atoms with Crippen molar-refractivity contribution in [2.75, 3.05) is 7.11 Å². The summed E-state index contributed by atoms with van der Waals surface area (Å²) in [5.41, 5.74) is 3.39. The summed E-state index contributed by atoms with van der Waals surface area (Å²) in [7, 11) is 0.243. The second kappa shape index (κ2) is 5.33. The highest BCUT2D eigenvalue weighted by molar-refractivity contribution is 6.77. The Bertz CT molecular complexity index is 171. The molecule has 0 spiro atoms. The third kappa shape index (κ3) is 4.52. The summed E-state index contributed by atoms with van der Waals surface area (Å²) in [6.07, 6.45) is 3.37. The van der Waals surface area contributed by atoms with E-state index in [1.807, 2.05) is 5.70 Å². The molecule has 0 radical (unpaired) electrons. The SMILES string of the molecule is C=C[Si@](C)(CCC=C(C)C)OC. The van der Waals surface area contributed by atoms with Crippen LogP contribution in [-0.4, -0.2) is 15.4 Å². The molecule has 0 bridgehead atoms. The molecule has 1 nitrogen and oxygen atoms in total. The van der Waals surface area contributed by atoms with Crippen LogP contribution >= 0.6 is 0 Å². The van der Waals surface area contributed by atoms with Gasteiger partial charge in [0.05, 0.1) is 0 Å². The number of hydrogen-bond donors (Lipinski definition) is 0. The minimum atomic E-state index is -1.54. The maximum Gasteiger partial charge on any atom is 0.213 e. The molecule has 0 saturated heterocycles. The van der Waals surface area contributed by atoms with E-state index in [0.29, 0.717) is 0 Å². The molecular formula is C10H20OSi. The molecular weight excluding hydrogens is 164 g/mol. The molecule has 0 aliphatic heterocycles. The van der Waals surface area contributed by atoms with Crippen molar-refractivity contribution in [2.45, 2.75) is 32.9 Å². The smallest absolute Gasteiger partial charge is 0.213 e. The Labute approximate surface area is 77.3 Å². The average Bonchev–Trinajstić information content (AvgIpc) is 2.03. The minimum absolute atomic E-state index is 1.12. The maximum atomic E-state index is 5.46. The highest BCUT2D eigenvalue weighted by Gasteiger charge is 2.21. The standard InChI is InChI=1S/C10H20OSi/c1-6-12(5,11-4)9-7-8-10(2)3/h6,8H,1,7,9H2,2-5H3/t12-/m1/s1. The van der Waals surface area contributed by atoms with Gasteiger partial charge >= 0.3 is 0 Å². The highest BCUT2D eigenvalue weighted by atomic mass is 28.4. The molecule has 0 saturated carbocycles. The molecule has 12 heavy (non-hydrogen) atoms. The predicted octanol–water partition coefficient (Wildman–Crippen LogP) is 3.29. The van der Waals surface area contributed by atoms with Gasteiger partial charge in [0.2, 0.25) is 8.32 Å². The van der Waals surface area contributed by atoms with Crippen molar-refractivity contribution in [1.82, 2.24) is 0 Å². The van der Waals surface area contributed by atoms with Gasteiger partial charge in [-0.05, 0) is 32.9 Å². The van der Waals surface area contributed by atoms with E-state index >= 15 is 0 Å². The van der Waals surface area contributed by atoms with Crippen LogP contribution < -0.4 is 0 Å². The molecule has 0 rings (SSSR count). The lowest BCUT2D eigenvalue weighted by molar-refractivity contribution is 0.408. The van der Waals surface area contributed by atoms with Crippen molar-refractivity contribution < 1.29 is 4.43 Å². The molecule has 0 aliphatic rings. The van der Waals surface area contributed by atoms with E-state index in [2.05, 4.69) is 33.0 Å². The zero-order chi connectivity index (χ0) is 9.61. The molecule has 0 amide bonds. The summed E-state index contributed by atoms with van der Waals surface area (Å²) in [5, 5.41) is 0. The monoisotopic (exact) mass is 184 g/mol. The van der Waals surface area contributed by atoms with Crippen molar-refractivity contribution in [1.29, 1.82) is 0 Å². The zero-order valence-corrected chi connectivity index (χ0v) is 9.68. The van der Waals surface area contributed by atoms with Crippen molar-refractivity contribution >= 4 is 8.32 Å². The van der Waals surface area contributed by atoms with Crippen LogP contribution in [0.2, 0.25) is 12.6 Å². The van der Waals surface area contributed by atoms with Crippen molar-refractivity contribution in [3.05, 3.63) is 23.9 Å². The molecule has 1 atom stereocenters. The number of allylic oxidation sites excluding steroid dienone is 2. The summed E-state index contributed by atoms with van der Waals surface area (Å²) in [5.74, 6) is 0. The van der Waals surface area contributed by atoms with Crippen LogP contribution in [0, 0.1) is 0 Å². The minimum Gasteiger partial charge on any atom is -0.416 e. The molecule has 2 heteroatoms. The largest absolute Gasteiger partial charge is 0.416 e. The maximum absolute atomic E-state index is 5.46. The van der Waals surface area contributed by atoms with E-state index in [-0.39, 0.29) is 0 Å². The van der Waals surface area contributed by atoms with Crippen LogP contribution in [0.5, 0.6) is 0 Å². The molecule has 0 aromatic heterocycles. The lowest BCUT2D eigenvalue weighted by Crippen LogP contribution is -2.29. The Morgan fingerprint density at radius 1 is 1.50 bits per heavy atom. The first-order valence-electron chi connectivity index (χ1n) is 4.36. The number of hydrogen-bond acceptors (Lipinski definition) is 1. The summed E-state index contributed by atoms with van der Waals surface area (Å²) < 4.78 is 5.46. The fourth-order valence-corrected chi connectivity index (χ4v) is 2.23. The van der Waals surface area contributed by atoms with Gasteiger partial charge in [-0.25, -0.2) is 0 Å². The molecule has 0 aromatic rings. The predicted molar refractivity (Wildman–Crippen MR) is 57.7 cm³/mol. The van der Waals surface area contributed by atoms with Crippen molar-refractivity contribution in [3.8, 4) is 0 Å². The van der Waals surface area contributed by atoms with Gasteiger partial charge in [-0.2, -0.15) is 0 Å².